The van der Waals surface area contributed by atoms with Crippen molar-refractivity contribution in [2.45, 2.75) is 18.9 Å². The van der Waals surface area contributed by atoms with E-state index in [4.69, 9.17) is 5.73 Å². The molecule has 0 unspecified atom stereocenters. The van der Waals surface area contributed by atoms with Crippen LogP contribution in [0, 0.1) is 0 Å². The van der Waals surface area contributed by atoms with E-state index >= 15 is 0 Å². The van der Waals surface area contributed by atoms with Crippen molar-refractivity contribution < 1.29 is 4.79 Å². The fourth-order valence-corrected chi connectivity index (χ4v) is 1.80. The maximum Gasteiger partial charge on any atom is 0.314 e. The number of carbonyl (C=O) groups is 1. The molecule has 3 N–H and O–H groups in total. The van der Waals surface area contributed by atoms with Crippen molar-refractivity contribution in [2.75, 3.05) is 40.3 Å². The summed E-state index contributed by atoms with van der Waals surface area (Å²) in [6, 6.07) is 0.252. The summed E-state index contributed by atoms with van der Waals surface area (Å²) in [4.78, 5) is 14.8. The first-order chi connectivity index (χ1) is 7.09. The van der Waals surface area contributed by atoms with Crippen molar-refractivity contribution >= 4 is 6.03 Å². The van der Waals surface area contributed by atoms with E-state index in [9.17, 15) is 4.79 Å². The summed E-state index contributed by atoms with van der Waals surface area (Å²) >= 11 is 0. The van der Waals surface area contributed by atoms with E-state index in [2.05, 4.69) is 24.3 Å². The zero-order valence-corrected chi connectivity index (χ0v) is 9.70. The van der Waals surface area contributed by atoms with Crippen LogP contribution in [0.3, 0.4) is 0 Å². The van der Waals surface area contributed by atoms with Gasteiger partial charge in [-0.25, -0.2) is 4.79 Å². The molecule has 0 aromatic rings. The third kappa shape index (κ3) is 4.48. The third-order valence-electron chi connectivity index (χ3n) is 2.80. The number of likely N-dealkylation sites (tertiary alicyclic amines) is 1. The van der Waals surface area contributed by atoms with Crippen molar-refractivity contribution in [1.29, 1.82) is 0 Å². The highest BCUT2D eigenvalue weighted by atomic mass is 16.2. The molecule has 0 spiro atoms. The first-order valence-electron chi connectivity index (χ1n) is 5.52. The minimum absolute atomic E-state index is 0.290. The van der Waals surface area contributed by atoms with Crippen LogP contribution >= 0.6 is 0 Å². The Balaban J connectivity index is 2.12. The van der Waals surface area contributed by atoms with E-state index in [0.29, 0.717) is 6.04 Å². The number of likely N-dealkylation sites (N-methyl/N-ethyl adjacent to an activating group) is 1. The van der Waals surface area contributed by atoms with Crippen LogP contribution < -0.4 is 11.1 Å². The van der Waals surface area contributed by atoms with Gasteiger partial charge in [-0.1, -0.05) is 0 Å². The summed E-state index contributed by atoms with van der Waals surface area (Å²) in [6.45, 7) is 3.63. The van der Waals surface area contributed by atoms with Crippen LogP contribution in [0.15, 0.2) is 0 Å². The molecule has 1 aliphatic heterocycles. The number of primary amides is 1. The van der Waals surface area contributed by atoms with Gasteiger partial charge in [-0.2, -0.15) is 0 Å². The normalized spacial score (nSPS) is 18.5. The summed E-state index contributed by atoms with van der Waals surface area (Å²) in [6.07, 6.45) is 2.02. The van der Waals surface area contributed by atoms with E-state index in [1.165, 1.54) is 0 Å². The topological polar surface area (TPSA) is 61.6 Å². The Bertz CT molecular complexity index is 200. The van der Waals surface area contributed by atoms with Crippen LogP contribution in [0.2, 0.25) is 0 Å². The van der Waals surface area contributed by atoms with Gasteiger partial charge < -0.3 is 20.9 Å². The van der Waals surface area contributed by atoms with Gasteiger partial charge in [0.1, 0.15) is 0 Å². The Kier molecular flexibility index (Phi) is 4.84. The molecule has 0 bridgehead atoms. The molecule has 0 aromatic carbocycles. The first kappa shape index (κ1) is 12.3. The molecule has 0 radical (unpaired) electrons. The molecule has 1 rings (SSSR count). The molecule has 5 nitrogen and oxygen atoms in total. The van der Waals surface area contributed by atoms with Crippen LogP contribution in [-0.4, -0.2) is 62.1 Å². The Morgan fingerprint density at radius 2 is 2.07 bits per heavy atom. The van der Waals surface area contributed by atoms with Crippen molar-refractivity contribution in [2.24, 2.45) is 5.73 Å². The number of nitrogens with zero attached hydrogens (tertiary/aromatic N) is 2. The molecule has 2 amide bonds. The van der Waals surface area contributed by atoms with Gasteiger partial charge in [0, 0.05) is 32.2 Å². The fraction of sp³-hybridized carbons (Fsp3) is 0.900. The summed E-state index contributed by atoms with van der Waals surface area (Å²) in [7, 11) is 4.13. The zero-order chi connectivity index (χ0) is 11.3. The molecule has 15 heavy (non-hydrogen) atoms. The predicted octanol–water partition coefficient (Wildman–Crippen LogP) is -0.319. The average Bonchev–Trinajstić information content (AvgIpc) is 2.18. The van der Waals surface area contributed by atoms with Crippen LogP contribution in [0.4, 0.5) is 4.79 Å². The second kappa shape index (κ2) is 5.92. The molecule has 0 aliphatic carbocycles. The lowest BCUT2D eigenvalue weighted by atomic mass is 10.1. The maximum absolute atomic E-state index is 10.9. The number of hydrogen-bond acceptors (Lipinski definition) is 3. The second-order valence-electron chi connectivity index (χ2n) is 4.36. The first-order valence-corrected chi connectivity index (χ1v) is 5.52. The standard InChI is InChI=1S/C10H22N4O/c1-13(2)8-5-12-9-3-6-14(7-4-9)10(11)15/h9,12H,3-8H2,1-2H3,(H2,11,15). The molecule has 88 valence electrons. The molecule has 1 heterocycles. The van der Waals surface area contributed by atoms with E-state index in [1.807, 2.05) is 0 Å². The summed E-state index contributed by atoms with van der Waals surface area (Å²) in [5, 5.41) is 3.49. The van der Waals surface area contributed by atoms with Crippen LogP contribution in [0.5, 0.6) is 0 Å². The Morgan fingerprint density at radius 3 is 2.53 bits per heavy atom. The summed E-state index contributed by atoms with van der Waals surface area (Å²) in [5.41, 5.74) is 5.21. The summed E-state index contributed by atoms with van der Waals surface area (Å²) < 4.78 is 0. The molecule has 1 saturated heterocycles. The van der Waals surface area contributed by atoms with Crippen molar-refractivity contribution in [1.82, 2.24) is 15.1 Å². The Morgan fingerprint density at radius 1 is 1.47 bits per heavy atom. The molecular formula is C10H22N4O. The number of piperidine rings is 1. The second-order valence-corrected chi connectivity index (χ2v) is 4.36. The molecule has 0 saturated carbocycles. The smallest absolute Gasteiger partial charge is 0.314 e. The van der Waals surface area contributed by atoms with Gasteiger partial charge in [0.25, 0.3) is 0 Å². The molecule has 1 aliphatic rings. The predicted molar refractivity (Wildman–Crippen MR) is 60.7 cm³/mol. The summed E-state index contributed by atoms with van der Waals surface area (Å²) in [5.74, 6) is 0. The maximum atomic E-state index is 10.9. The largest absolute Gasteiger partial charge is 0.351 e. The highest BCUT2D eigenvalue weighted by Gasteiger charge is 2.20. The number of nitrogens with one attached hydrogen (secondary N) is 1. The van der Waals surface area contributed by atoms with E-state index in [-0.39, 0.29) is 6.03 Å². The molecule has 0 aromatic heterocycles. The van der Waals surface area contributed by atoms with Gasteiger partial charge in [0.15, 0.2) is 0 Å². The van der Waals surface area contributed by atoms with Gasteiger partial charge in [-0.15, -0.1) is 0 Å². The van der Waals surface area contributed by atoms with Crippen LogP contribution in [0.1, 0.15) is 12.8 Å². The molecule has 5 heteroatoms. The minimum atomic E-state index is -0.290. The lowest BCUT2D eigenvalue weighted by Gasteiger charge is -2.31. The molecule has 0 atom stereocenters. The number of rotatable bonds is 4. The average molecular weight is 214 g/mol. The lowest BCUT2D eigenvalue weighted by Crippen LogP contribution is -2.47. The quantitative estimate of drug-likeness (QED) is 0.674. The van der Waals surface area contributed by atoms with Crippen molar-refractivity contribution in [3.8, 4) is 0 Å². The number of carbonyl (C=O) groups excluding carboxylic acids is 1. The minimum Gasteiger partial charge on any atom is -0.351 e. The van der Waals surface area contributed by atoms with Crippen molar-refractivity contribution in [3.63, 3.8) is 0 Å². The Labute approximate surface area is 91.6 Å². The Hall–Kier alpha value is -0.810. The van der Waals surface area contributed by atoms with E-state index < -0.39 is 0 Å². The number of hydrogen-bond donors (Lipinski definition) is 2. The van der Waals surface area contributed by atoms with Gasteiger partial charge in [0.2, 0.25) is 0 Å². The highest BCUT2D eigenvalue weighted by Crippen LogP contribution is 2.09. The number of urea groups is 1. The SMILES string of the molecule is CN(C)CCNC1CCN(C(N)=O)CC1. The third-order valence-corrected chi connectivity index (χ3v) is 2.80. The molecule has 1 fully saturated rings. The van der Waals surface area contributed by atoms with Gasteiger partial charge in [-0.05, 0) is 26.9 Å². The zero-order valence-electron chi connectivity index (χ0n) is 9.70. The van der Waals surface area contributed by atoms with E-state index in [0.717, 1.165) is 39.0 Å². The highest BCUT2D eigenvalue weighted by molar-refractivity contribution is 5.72. The van der Waals surface area contributed by atoms with Gasteiger partial charge >= 0.3 is 6.03 Å². The lowest BCUT2D eigenvalue weighted by molar-refractivity contribution is 0.184. The fourth-order valence-electron chi connectivity index (χ4n) is 1.80. The van der Waals surface area contributed by atoms with Crippen LogP contribution in [-0.2, 0) is 0 Å². The number of nitrogens with two attached hydrogens (primary N) is 1. The molecular weight excluding hydrogens is 192 g/mol. The number of amides is 2. The van der Waals surface area contributed by atoms with Gasteiger partial charge in [-0.3, -0.25) is 0 Å². The van der Waals surface area contributed by atoms with Crippen LogP contribution in [0.25, 0.3) is 0 Å². The van der Waals surface area contributed by atoms with Crippen molar-refractivity contribution in [3.05, 3.63) is 0 Å². The van der Waals surface area contributed by atoms with Gasteiger partial charge in [0.05, 0.1) is 0 Å². The van der Waals surface area contributed by atoms with E-state index in [1.54, 1.807) is 4.90 Å². The monoisotopic (exact) mass is 214 g/mol.